The van der Waals surface area contributed by atoms with Crippen LogP contribution < -0.4 is 0 Å². The molecule has 0 unspecified atom stereocenters. The fourth-order valence-corrected chi connectivity index (χ4v) is 1.64. The predicted molar refractivity (Wildman–Crippen MR) is 62.9 cm³/mol. The summed E-state index contributed by atoms with van der Waals surface area (Å²) in [6, 6.07) is 0. The summed E-state index contributed by atoms with van der Waals surface area (Å²) >= 11 is 3.39. The highest BCUT2D eigenvalue weighted by molar-refractivity contribution is 9.09. The van der Waals surface area contributed by atoms with E-state index in [2.05, 4.69) is 22.5 Å². The SMILES string of the molecule is C=C(CCCCCCCCBr)C(=O)O. The number of rotatable bonds is 9. The van der Waals surface area contributed by atoms with Gasteiger partial charge in [0, 0.05) is 10.9 Å². The number of hydrogen-bond donors (Lipinski definition) is 1. The first-order valence-corrected chi connectivity index (χ1v) is 6.27. The molecule has 0 aromatic carbocycles. The first-order chi connectivity index (χ1) is 6.68. The third-order valence-corrected chi connectivity index (χ3v) is 2.73. The minimum Gasteiger partial charge on any atom is -0.478 e. The van der Waals surface area contributed by atoms with Crippen molar-refractivity contribution in [1.82, 2.24) is 0 Å². The molecule has 3 heteroatoms. The Morgan fingerprint density at radius 3 is 2.07 bits per heavy atom. The van der Waals surface area contributed by atoms with E-state index in [1.807, 2.05) is 0 Å². The number of unbranched alkanes of at least 4 members (excludes halogenated alkanes) is 5. The van der Waals surface area contributed by atoms with Crippen LogP contribution in [-0.4, -0.2) is 16.4 Å². The van der Waals surface area contributed by atoms with Crippen molar-refractivity contribution in [1.29, 1.82) is 0 Å². The zero-order valence-electron chi connectivity index (χ0n) is 8.60. The fraction of sp³-hybridized carbons (Fsp3) is 0.727. The molecular formula is C11H19BrO2. The maximum atomic E-state index is 10.4. The Morgan fingerprint density at radius 2 is 1.57 bits per heavy atom. The highest BCUT2D eigenvalue weighted by Gasteiger charge is 2.02. The number of carboxylic acids is 1. The zero-order chi connectivity index (χ0) is 10.8. The molecule has 1 N–H and O–H groups in total. The summed E-state index contributed by atoms with van der Waals surface area (Å²) in [6.07, 6.45) is 7.68. The number of alkyl halides is 1. The summed E-state index contributed by atoms with van der Waals surface area (Å²) in [5.41, 5.74) is 0.338. The smallest absolute Gasteiger partial charge is 0.330 e. The lowest BCUT2D eigenvalue weighted by Gasteiger charge is -2.01. The molecule has 0 heterocycles. The van der Waals surface area contributed by atoms with E-state index in [9.17, 15) is 4.79 Å². The molecule has 0 rings (SSSR count). The third kappa shape index (κ3) is 8.30. The molecule has 0 aromatic rings. The summed E-state index contributed by atoms with van der Waals surface area (Å²) in [5.74, 6) is -0.857. The van der Waals surface area contributed by atoms with Crippen molar-refractivity contribution in [3.05, 3.63) is 12.2 Å². The lowest BCUT2D eigenvalue weighted by Crippen LogP contribution is -1.98. The molecule has 0 aliphatic heterocycles. The van der Waals surface area contributed by atoms with Crippen molar-refractivity contribution < 1.29 is 9.90 Å². The van der Waals surface area contributed by atoms with Crippen LogP contribution in [0.1, 0.15) is 44.9 Å². The molecule has 0 spiro atoms. The molecular weight excluding hydrogens is 244 g/mol. The Bertz CT molecular complexity index is 178. The molecule has 0 atom stereocenters. The van der Waals surface area contributed by atoms with Crippen molar-refractivity contribution >= 4 is 21.9 Å². The fourth-order valence-electron chi connectivity index (χ4n) is 1.25. The monoisotopic (exact) mass is 262 g/mol. The van der Waals surface area contributed by atoms with E-state index in [1.165, 1.54) is 25.7 Å². The second-order valence-electron chi connectivity index (χ2n) is 3.47. The third-order valence-electron chi connectivity index (χ3n) is 2.16. The predicted octanol–water partition coefficient (Wildman–Crippen LogP) is 3.75. The Morgan fingerprint density at radius 1 is 1.07 bits per heavy atom. The summed E-state index contributed by atoms with van der Waals surface area (Å²) in [7, 11) is 0. The average molecular weight is 263 g/mol. The van der Waals surface area contributed by atoms with Gasteiger partial charge in [-0.05, 0) is 19.3 Å². The molecule has 0 saturated heterocycles. The summed E-state index contributed by atoms with van der Waals surface area (Å²) in [5, 5.41) is 9.64. The van der Waals surface area contributed by atoms with Crippen LogP contribution in [0.15, 0.2) is 12.2 Å². The van der Waals surface area contributed by atoms with Crippen molar-refractivity contribution in [2.45, 2.75) is 44.9 Å². The van der Waals surface area contributed by atoms with Gasteiger partial charge in [-0.25, -0.2) is 4.79 Å². The van der Waals surface area contributed by atoms with E-state index >= 15 is 0 Å². The molecule has 0 aliphatic carbocycles. The number of hydrogen-bond acceptors (Lipinski definition) is 1. The van der Waals surface area contributed by atoms with Gasteiger partial charge >= 0.3 is 5.97 Å². The lowest BCUT2D eigenvalue weighted by atomic mass is 10.1. The Balaban J connectivity index is 3.13. The van der Waals surface area contributed by atoms with Crippen molar-refractivity contribution in [2.75, 3.05) is 5.33 Å². The van der Waals surface area contributed by atoms with Gasteiger partial charge in [-0.2, -0.15) is 0 Å². The average Bonchev–Trinajstić information content (AvgIpc) is 2.16. The standard InChI is InChI=1S/C11H19BrO2/c1-10(11(13)14)8-6-4-2-3-5-7-9-12/h1-9H2,(H,13,14). The van der Waals surface area contributed by atoms with Gasteiger partial charge in [0.25, 0.3) is 0 Å². The van der Waals surface area contributed by atoms with Crippen molar-refractivity contribution in [3.8, 4) is 0 Å². The van der Waals surface area contributed by atoms with Crippen LogP contribution in [0.4, 0.5) is 0 Å². The summed E-state index contributed by atoms with van der Waals surface area (Å²) in [4.78, 5) is 10.4. The quantitative estimate of drug-likeness (QED) is 0.391. The molecule has 14 heavy (non-hydrogen) atoms. The van der Waals surface area contributed by atoms with Crippen LogP contribution in [0.25, 0.3) is 0 Å². The van der Waals surface area contributed by atoms with Crippen LogP contribution in [0.5, 0.6) is 0 Å². The minimum atomic E-state index is -0.857. The van der Waals surface area contributed by atoms with E-state index in [1.54, 1.807) is 0 Å². The highest BCUT2D eigenvalue weighted by Crippen LogP contribution is 2.11. The Hall–Kier alpha value is -0.310. The zero-order valence-corrected chi connectivity index (χ0v) is 10.2. The largest absolute Gasteiger partial charge is 0.478 e. The second-order valence-corrected chi connectivity index (χ2v) is 4.26. The Kier molecular flexibility index (Phi) is 9.05. The molecule has 0 bridgehead atoms. The van der Waals surface area contributed by atoms with Crippen LogP contribution in [0.2, 0.25) is 0 Å². The van der Waals surface area contributed by atoms with Gasteiger partial charge in [-0.1, -0.05) is 48.2 Å². The van der Waals surface area contributed by atoms with Gasteiger partial charge in [0.2, 0.25) is 0 Å². The normalized spacial score (nSPS) is 10.1. The number of halogens is 1. The summed E-state index contributed by atoms with van der Waals surface area (Å²) < 4.78 is 0. The van der Waals surface area contributed by atoms with Gasteiger partial charge < -0.3 is 5.11 Å². The topological polar surface area (TPSA) is 37.3 Å². The van der Waals surface area contributed by atoms with E-state index in [0.717, 1.165) is 18.2 Å². The van der Waals surface area contributed by atoms with Crippen LogP contribution in [0.3, 0.4) is 0 Å². The molecule has 0 fully saturated rings. The second kappa shape index (κ2) is 9.25. The van der Waals surface area contributed by atoms with Crippen molar-refractivity contribution in [2.24, 2.45) is 0 Å². The van der Waals surface area contributed by atoms with E-state index < -0.39 is 5.97 Å². The van der Waals surface area contributed by atoms with Crippen molar-refractivity contribution in [3.63, 3.8) is 0 Å². The van der Waals surface area contributed by atoms with Crippen LogP contribution >= 0.6 is 15.9 Å². The Labute approximate surface area is 94.5 Å². The molecule has 0 aliphatic rings. The number of aliphatic carboxylic acids is 1. The molecule has 0 saturated carbocycles. The molecule has 0 radical (unpaired) electrons. The minimum absolute atomic E-state index is 0.338. The molecule has 0 aromatic heterocycles. The van der Waals surface area contributed by atoms with Gasteiger partial charge in [0.1, 0.15) is 0 Å². The maximum Gasteiger partial charge on any atom is 0.330 e. The van der Waals surface area contributed by atoms with E-state index in [-0.39, 0.29) is 0 Å². The highest BCUT2D eigenvalue weighted by atomic mass is 79.9. The molecule has 0 amide bonds. The van der Waals surface area contributed by atoms with E-state index in [4.69, 9.17) is 5.11 Å². The first-order valence-electron chi connectivity index (χ1n) is 5.15. The molecule has 82 valence electrons. The van der Waals surface area contributed by atoms with Gasteiger partial charge in [-0.15, -0.1) is 0 Å². The maximum absolute atomic E-state index is 10.4. The first kappa shape index (κ1) is 13.7. The molecule has 2 nitrogen and oxygen atoms in total. The summed E-state index contributed by atoms with van der Waals surface area (Å²) in [6.45, 7) is 3.50. The van der Waals surface area contributed by atoms with Gasteiger partial charge in [0.05, 0.1) is 0 Å². The number of carboxylic acid groups (broad SMARTS) is 1. The van der Waals surface area contributed by atoms with Gasteiger partial charge in [0.15, 0.2) is 0 Å². The lowest BCUT2D eigenvalue weighted by molar-refractivity contribution is -0.132. The van der Waals surface area contributed by atoms with E-state index in [0.29, 0.717) is 12.0 Å². The van der Waals surface area contributed by atoms with Crippen LogP contribution in [0, 0.1) is 0 Å². The van der Waals surface area contributed by atoms with Crippen LogP contribution in [-0.2, 0) is 4.79 Å². The number of carbonyl (C=O) groups is 1. The van der Waals surface area contributed by atoms with Gasteiger partial charge in [-0.3, -0.25) is 0 Å².